The van der Waals surface area contributed by atoms with E-state index in [-0.39, 0.29) is 7.92 Å². The summed E-state index contributed by atoms with van der Waals surface area (Å²) >= 11 is 0. The normalized spacial score (nSPS) is 7.00. The number of nitrogens with one attached hydrogen (secondary N) is 1. The van der Waals surface area contributed by atoms with Gasteiger partial charge in [-0.15, -0.1) is 0 Å². The third-order valence-electron chi connectivity index (χ3n) is 0.534. The second kappa shape index (κ2) is 3.86. The van der Waals surface area contributed by atoms with Crippen molar-refractivity contribution in [3.05, 3.63) is 0 Å². The molecule has 1 N–H and O–H groups in total. The summed E-state index contributed by atoms with van der Waals surface area (Å²) in [6, 6.07) is 0. The molecular weight excluding hydrogens is 109 g/mol. The maximum absolute atomic E-state index is 9.62. The van der Waals surface area contributed by atoms with Crippen LogP contribution in [0.15, 0.2) is 0 Å². The van der Waals surface area contributed by atoms with Gasteiger partial charge in [-0.1, -0.05) is 0 Å². The molecule has 7 heavy (non-hydrogen) atoms. The summed E-state index contributed by atoms with van der Waals surface area (Å²) in [7, 11) is -0.185. The molecular formula is C4H6NOP. The van der Waals surface area contributed by atoms with E-state index in [9.17, 15) is 4.57 Å². The molecule has 0 radical (unpaired) electrons. The predicted octanol–water partition coefficient (Wildman–Crippen LogP) is 1.67. The first kappa shape index (κ1) is 6.68. The molecule has 0 aromatic rings. The van der Waals surface area contributed by atoms with Gasteiger partial charge >= 0.3 is 42.6 Å². The molecule has 0 heterocycles. The molecule has 0 aliphatic heterocycles. The van der Waals surface area contributed by atoms with Gasteiger partial charge in [0, 0.05) is 0 Å². The molecule has 0 bridgehead atoms. The van der Waals surface area contributed by atoms with Crippen LogP contribution >= 0.6 is 7.92 Å². The standard InChI is InChI=1S/C4H6NOP/c1-2-4(5)3-7-6/h5H,2H2,1H3. The van der Waals surface area contributed by atoms with Gasteiger partial charge in [-0.2, -0.15) is 0 Å². The summed E-state index contributed by atoms with van der Waals surface area (Å²) in [6.45, 7) is 1.82. The van der Waals surface area contributed by atoms with Crippen LogP contribution in [0.5, 0.6) is 0 Å². The molecule has 0 aromatic carbocycles. The van der Waals surface area contributed by atoms with E-state index in [1.165, 1.54) is 0 Å². The molecule has 0 amide bonds. The van der Waals surface area contributed by atoms with E-state index in [1.54, 1.807) is 0 Å². The fourth-order valence-corrected chi connectivity index (χ4v) is 0.402. The molecule has 2 nitrogen and oxygen atoms in total. The predicted molar refractivity (Wildman–Crippen MR) is 29.5 cm³/mol. The zero-order valence-corrected chi connectivity index (χ0v) is 4.96. The summed E-state index contributed by atoms with van der Waals surface area (Å²) in [6.07, 6.45) is 0.606. The zero-order valence-electron chi connectivity index (χ0n) is 4.06. The maximum atomic E-state index is 9.62. The first-order chi connectivity index (χ1) is 3.31. The number of rotatable bonds is 1. The van der Waals surface area contributed by atoms with E-state index < -0.39 is 0 Å². The second-order valence-electron chi connectivity index (χ2n) is 1.04. The van der Waals surface area contributed by atoms with Crippen molar-refractivity contribution in [1.82, 2.24) is 0 Å². The Morgan fingerprint density at radius 2 is 2.57 bits per heavy atom. The fourth-order valence-electron chi connectivity index (χ4n) is 0.134. The summed E-state index contributed by atoms with van der Waals surface area (Å²) in [5.74, 6) is 0. The molecule has 0 atom stereocenters. The first-order valence-corrected chi connectivity index (χ1v) is 2.78. The van der Waals surface area contributed by atoms with Crippen molar-refractivity contribution in [2.45, 2.75) is 13.3 Å². The van der Waals surface area contributed by atoms with E-state index in [4.69, 9.17) is 5.41 Å². The molecule has 0 spiro atoms. The molecule has 0 aromatic heterocycles. The van der Waals surface area contributed by atoms with Gasteiger partial charge in [-0.3, -0.25) is 0 Å². The minimum absolute atomic E-state index is 0.185. The van der Waals surface area contributed by atoms with Crippen molar-refractivity contribution in [3.63, 3.8) is 0 Å². The Kier molecular flexibility index (Phi) is 3.68. The molecule has 0 rings (SSSR count). The first-order valence-electron chi connectivity index (χ1n) is 1.97. The average molecular weight is 115 g/mol. The van der Waals surface area contributed by atoms with E-state index >= 15 is 0 Å². The van der Waals surface area contributed by atoms with E-state index in [1.807, 2.05) is 6.92 Å². The van der Waals surface area contributed by atoms with E-state index in [2.05, 4.69) is 5.63 Å². The van der Waals surface area contributed by atoms with Crippen LogP contribution in [0, 0.1) is 11.0 Å². The monoisotopic (exact) mass is 115 g/mol. The van der Waals surface area contributed by atoms with Gasteiger partial charge in [0.2, 0.25) is 0 Å². The van der Waals surface area contributed by atoms with Gasteiger partial charge in [-0.05, 0) is 0 Å². The van der Waals surface area contributed by atoms with Crippen molar-refractivity contribution in [1.29, 1.82) is 5.41 Å². The van der Waals surface area contributed by atoms with Crippen molar-refractivity contribution < 1.29 is 4.57 Å². The number of hydrogen-bond donors (Lipinski definition) is 1. The van der Waals surface area contributed by atoms with Crippen LogP contribution in [-0.4, -0.2) is 5.71 Å². The van der Waals surface area contributed by atoms with Gasteiger partial charge < -0.3 is 0 Å². The second-order valence-corrected chi connectivity index (χ2v) is 1.44. The topological polar surface area (TPSA) is 40.9 Å². The van der Waals surface area contributed by atoms with Gasteiger partial charge in [0.1, 0.15) is 0 Å². The zero-order chi connectivity index (χ0) is 5.70. The number of hydrogen-bond acceptors (Lipinski definition) is 2. The van der Waals surface area contributed by atoms with Crippen LogP contribution in [0.3, 0.4) is 0 Å². The van der Waals surface area contributed by atoms with Crippen molar-refractivity contribution in [2.24, 2.45) is 0 Å². The molecule has 3 heteroatoms. The van der Waals surface area contributed by atoms with Gasteiger partial charge in [-0.25, -0.2) is 0 Å². The molecule has 0 aliphatic carbocycles. The molecule has 0 fully saturated rings. The third kappa shape index (κ3) is 3.51. The summed E-state index contributed by atoms with van der Waals surface area (Å²) in [5.41, 5.74) is 2.60. The van der Waals surface area contributed by atoms with Crippen LogP contribution in [0.4, 0.5) is 0 Å². The molecule has 38 valence electrons. The Labute approximate surface area is 43.6 Å². The fraction of sp³-hybridized carbons (Fsp3) is 0.500. The van der Waals surface area contributed by atoms with Crippen LogP contribution in [0.1, 0.15) is 13.3 Å². The van der Waals surface area contributed by atoms with Gasteiger partial charge in [0.05, 0.1) is 0 Å². The van der Waals surface area contributed by atoms with Gasteiger partial charge in [0.15, 0.2) is 0 Å². The third-order valence-corrected chi connectivity index (χ3v) is 0.895. The summed E-state index contributed by atoms with van der Waals surface area (Å²) < 4.78 is 9.62. The van der Waals surface area contributed by atoms with Crippen LogP contribution in [0.2, 0.25) is 0 Å². The Morgan fingerprint density at radius 1 is 2.00 bits per heavy atom. The van der Waals surface area contributed by atoms with Crippen molar-refractivity contribution in [2.75, 3.05) is 0 Å². The van der Waals surface area contributed by atoms with E-state index in [0.717, 1.165) is 0 Å². The Hall–Kier alpha value is -0.320. The Balaban J connectivity index is 3.75. The average Bonchev–Trinajstić information content (AvgIpc) is 1.68. The Bertz CT molecular complexity index is 156. The molecule has 0 aliphatic rings. The Morgan fingerprint density at radius 3 is 2.71 bits per heavy atom. The van der Waals surface area contributed by atoms with Crippen LogP contribution < -0.4 is 0 Å². The van der Waals surface area contributed by atoms with Crippen molar-refractivity contribution >= 4 is 13.6 Å². The quantitative estimate of drug-likeness (QED) is 0.409. The van der Waals surface area contributed by atoms with Crippen molar-refractivity contribution in [3.8, 4) is 5.63 Å². The van der Waals surface area contributed by atoms with E-state index in [0.29, 0.717) is 12.1 Å². The summed E-state index contributed by atoms with van der Waals surface area (Å²) in [5, 5.41) is 6.82. The SMILES string of the molecule is CCC(=N)C#P=O. The molecule has 0 unspecified atom stereocenters. The minimum atomic E-state index is -0.185. The summed E-state index contributed by atoms with van der Waals surface area (Å²) in [4.78, 5) is 0. The van der Waals surface area contributed by atoms with Gasteiger partial charge in [0.25, 0.3) is 0 Å². The van der Waals surface area contributed by atoms with Crippen LogP contribution in [0.25, 0.3) is 0 Å². The van der Waals surface area contributed by atoms with Crippen LogP contribution in [-0.2, 0) is 4.57 Å². The molecule has 0 saturated carbocycles. The molecule has 0 saturated heterocycles.